The second-order valence-corrected chi connectivity index (χ2v) is 3.30. The third-order valence-corrected chi connectivity index (χ3v) is 1.98. The molecule has 0 aromatic heterocycles. The van der Waals surface area contributed by atoms with Gasteiger partial charge in [0.2, 0.25) is 11.8 Å². The van der Waals surface area contributed by atoms with Gasteiger partial charge in [0.1, 0.15) is 0 Å². The Labute approximate surface area is 76.5 Å². The minimum Gasteiger partial charge on any atom is -0.393 e. The molecule has 0 unspecified atom stereocenters. The van der Waals surface area contributed by atoms with Crippen molar-refractivity contribution in [2.75, 3.05) is 6.54 Å². The van der Waals surface area contributed by atoms with Crippen LogP contribution in [0.25, 0.3) is 0 Å². The Hall–Kier alpha value is -1.10. The molecule has 0 spiro atoms. The van der Waals surface area contributed by atoms with E-state index in [0.29, 0.717) is 12.8 Å². The molecule has 1 aliphatic rings. The van der Waals surface area contributed by atoms with Crippen molar-refractivity contribution in [3.05, 3.63) is 0 Å². The molecule has 1 saturated carbocycles. The smallest absolute Gasteiger partial charge is 0.239 e. The zero-order valence-corrected chi connectivity index (χ0v) is 7.54. The van der Waals surface area contributed by atoms with Crippen molar-refractivity contribution >= 4 is 11.8 Å². The lowest BCUT2D eigenvalue weighted by atomic mass is 9.89. The van der Waals surface area contributed by atoms with Gasteiger partial charge in [0.05, 0.1) is 12.6 Å². The highest BCUT2D eigenvalue weighted by atomic mass is 16.3. The number of aliphatic hydroxyl groups excluding tert-OH is 1. The first-order chi connectivity index (χ1) is 6.08. The molecule has 1 rings (SSSR count). The predicted octanol–water partition coefficient (Wildman–Crippen LogP) is -1.24. The molecule has 0 radical (unpaired) electrons. The highest BCUT2D eigenvalue weighted by molar-refractivity contribution is 5.83. The average Bonchev–Trinajstić information content (AvgIpc) is 1.98. The number of nitrogens with one attached hydrogen (secondary N) is 2. The Morgan fingerprint density at radius 2 is 2.08 bits per heavy atom. The summed E-state index contributed by atoms with van der Waals surface area (Å²) in [5.41, 5.74) is 0. The summed E-state index contributed by atoms with van der Waals surface area (Å²) < 4.78 is 0. The number of rotatable bonds is 3. The molecule has 0 aliphatic heterocycles. The first kappa shape index (κ1) is 9.98. The van der Waals surface area contributed by atoms with E-state index in [-0.39, 0.29) is 30.5 Å². The maximum Gasteiger partial charge on any atom is 0.239 e. The van der Waals surface area contributed by atoms with Crippen LogP contribution in [0.2, 0.25) is 0 Å². The van der Waals surface area contributed by atoms with Crippen LogP contribution in [0.3, 0.4) is 0 Å². The molecule has 1 aliphatic carbocycles. The molecule has 74 valence electrons. The van der Waals surface area contributed by atoms with Gasteiger partial charge in [-0.25, -0.2) is 0 Å². The van der Waals surface area contributed by atoms with Gasteiger partial charge in [-0.15, -0.1) is 0 Å². The number of hydrogen-bond acceptors (Lipinski definition) is 3. The van der Waals surface area contributed by atoms with Gasteiger partial charge < -0.3 is 15.7 Å². The lowest BCUT2D eigenvalue weighted by Gasteiger charge is -2.31. The van der Waals surface area contributed by atoms with Crippen LogP contribution >= 0.6 is 0 Å². The number of amides is 2. The third kappa shape index (κ3) is 3.42. The number of aliphatic hydroxyl groups is 1. The molecule has 0 atom stereocenters. The second kappa shape index (κ2) is 4.23. The number of carbonyl (C=O) groups excluding carboxylic acids is 2. The van der Waals surface area contributed by atoms with Crippen molar-refractivity contribution in [1.29, 1.82) is 0 Å². The summed E-state index contributed by atoms with van der Waals surface area (Å²) in [5, 5.41) is 14.0. The van der Waals surface area contributed by atoms with Crippen molar-refractivity contribution in [3.8, 4) is 0 Å². The monoisotopic (exact) mass is 186 g/mol. The summed E-state index contributed by atoms with van der Waals surface area (Å²) in [7, 11) is 0. The predicted molar refractivity (Wildman–Crippen MR) is 45.9 cm³/mol. The third-order valence-electron chi connectivity index (χ3n) is 1.98. The van der Waals surface area contributed by atoms with Crippen LogP contribution in [0.4, 0.5) is 0 Å². The van der Waals surface area contributed by atoms with Crippen LogP contribution in [-0.4, -0.2) is 35.6 Å². The van der Waals surface area contributed by atoms with Gasteiger partial charge in [0, 0.05) is 13.0 Å². The number of carbonyl (C=O) groups is 2. The summed E-state index contributed by atoms with van der Waals surface area (Å²) in [6.45, 7) is 1.38. The Morgan fingerprint density at radius 1 is 1.46 bits per heavy atom. The van der Waals surface area contributed by atoms with Crippen LogP contribution < -0.4 is 10.6 Å². The molecule has 1 fully saturated rings. The first-order valence-corrected chi connectivity index (χ1v) is 4.30. The van der Waals surface area contributed by atoms with Crippen LogP contribution in [0, 0.1) is 0 Å². The molecule has 0 heterocycles. The molecule has 0 aromatic rings. The Bertz CT molecular complexity index is 211. The van der Waals surface area contributed by atoms with E-state index in [0.717, 1.165) is 0 Å². The highest BCUT2D eigenvalue weighted by Gasteiger charge is 2.28. The van der Waals surface area contributed by atoms with Gasteiger partial charge in [0.15, 0.2) is 0 Å². The fourth-order valence-corrected chi connectivity index (χ4v) is 1.19. The van der Waals surface area contributed by atoms with Gasteiger partial charge in [-0.05, 0) is 12.8 Å². The maximum absolute atomic E-state index is 11.0. The fraction of sp³-hybridized carbons (Fsp3) is 0.750. The molecule has 2 amide bonds. The van der Waals surface area contributed by atoms with Crippen molar-refractivity contribution in [3.63, 3.8) is 0 Å². The second-order valence-electron chi connectivity index (χ2n) is 3.30. The zero-order chi connectivity index (χ0) is 9.84. The largest absolute Gasteiger partial charge is 0.393 e. The molecule has 3 N–H and O–H groups in total. The van der Waals surface area contributed by atoms with E-state index in [9.17, 15) is 9.59 Å². The van der Waals surface area contributed by atoms with Crippen molar-refractivity contribution in [2.24, 2.45) is 0 Å². The molecular weight excluding hydrogens is 172 g/mol. The molecule has 5 heteroatoms. The van der Waals surface area contributed by atoms with Crippen molar-refractivity contribution in [2.45, 2.75) is 31.9 Å². The quantitative estimate of drug-likeness (QED) is 0.516. The fourth-order valence-electron chi connectivity index (χ4n) is 1.19. The van der Waals surface area contributed by atoms with E-state index < -0.39 is 0 Å². The van der Waals surface area contributed by atoms with Crippen molar-refractivity contribution < 1.29 is 14.7 Å². The molecule has 0 bridgehead atoms. The Kier molecular flexibility index (Phi) is 3.25. The molecule has 0 aromatic carbocycles. The van der Waals surface area contributed by atoms with Gasteiger partial charge in [0.25, 0.3) is 0 Å². The van der Waals surface area contributed by atoms with E-state index in [1.165, 1.54) is 6.92 Å². The van der Waals surface area contributed by atoms with E-state index in [2.05, 4.69) is 10.6 Å². The first-order valence-electron chi connectivity index (χ1n) is 4.30. The van der Waals surface area contributed by atoms with E-state index in [1.54, 1.807) is 0 Å². The minimum atomic E-state index is -0.272. The normalized spacial score (nSPS) is 26.0. The minimum absolute atomic E-state index is 0.0158. The standard InChI is InChI=1S/C8H14N2O3/c1-5(11)9-4-8(13)10-6-2-7(12)3-6/h6-7,12H,2-4H2,1H3,(H,9,11)(H,10,13). The van der Waals surface area contributed by atoms with E-state index >= 15 is 0 Å². The molecular formula is C8H14N2O3. The summed E-state index contributed by atoms with van der Waals surface area (Å²) in [4.78, 5) is 21.5. The topological polar surface area (TPSA) is 78.4 Å². The van der Waals surface area contributed by atoms with Crippen LogP contribution in [0.5, 0.6) is 0 Å². The van der Waals surface area contributed by atoms with Gasteiger partial charge in [-0.3, -0.25) is 9.59 Å². The summed E-state index contributed by atoms with van der Waals surface area (Å²) in [6.07, 6.45) is 0.962. The van der Waals surface area contributed by atoms with Crippen LogP contribution in [0.1, 0.15) is 19.8 Å². The van der Waals surface area contributed by atoms with Crippen LogP contribution in [0.15, 0.2) is 0 Å². The molecule has 13 heavy (non-hydrogen) atoms. The zero-order valence-electron chi connectivity index (χ0n) is 7.54. The van der Waals surface area contributed by atoms with E-state index in [1.807, 2.05) is 0 Å². The van der Waals surface area contributed by atoms with Crippen molar-refractivity contribution in [1.82, 2.24) is 10.6 Å². The summed E-state index contributed by atoms with van der Waals surface area (Å²) in [5.74, 6) is -0.420. The lowest BCUT2D eigenvalue weighted by Crippen LogP contribution is -2.49. The maximum atomic E-state index is 11.0. The molecule has 5 nitrogen and oxygen atoms in total. The summed E-state index contributed by atoms with van der Waals surface area (Å²) in [6, 6.07) is 0.0799. The van der Waals surface area contributed by atoms with Gasteiger partial charge in [-0.1, -0.05) is 0 Å². The Morgan fingerprint density at radius 3 is 2.54 bits per heavy atom. The highest BCUT2D eigenvalue weighted by Crippen LogP contribution is 2.18. The van der Waals surface area contributed by atoms with E-state index in [4.69, 9.17) is 5.11 Å². The van der Waals surface area contributed by atoms with Crippen LogP contribution in [-0.2, 0) is 9.59 Å². The van der Waals surface area contributed by atoms with Gasteiger partial charge >= 0.3 is 0 Å². The SMILES string of the molecule is CC(=O)NCC(=O)NC1CC(O)C1. The average molecular weight is 186 g/mol. The lowest BCUT2D eigenvalue weighted by molar-refractivity contribution is -0.126. The van der Waals surface area contributed by atoms with Gasteiger partial charge in [-0.2, -0.15) is 0 Å². The number of hydrogen-bond donors (Lipinski definition) is 3. The Balaban J connectivity index is 2.08. The summed E-state index contributed by atoms with van der Waals surface area (Å²) >= 11 is 0. The molecule has 0 saturated heterocycles.